The van der Waals surface area contributed by atoms with Gasteiger partial charge in [-0.15, -0.1) is 0 Å². The summed E-state index contributed by atoms with van der Waals surface area (Å²) < 4.78 is 0. The number of allylic oxidation sites excluding steroid dienone is 1. The second kappa shape index (κ2) is 3.29. The maximum atomic E-state index is 3.39. The maximum Gasteiger partial charge on any atom is 0.0562 e. The SMILES string of the molecule is [C]1=CCCCC2CCCCN12. The third-order valence-electron chi connectivity index (χ3n) is 2.77. The van der Waals surface area contributed by atoms with E-state index in [2.05, 4.69) is 17.2 Å². The van der Waals surface area contributed by atoms with Crippen LogP contribution in [0.5, 0.6) is 0 Å². The summed E-state index contributed by atoms with van der Waals surface area (Å²) in [7, 11) is 0. The lowest BCUT2D eigenvalue weighted by Gasteiger charge is -2.33. The molecular weight excluding hydrogens is 134 g/mol. The molecule has 1 radical (unpaired) electrons. The van der Waals surface area contributed by atoms with E-state index < -0.39 is 0 Å². The lowest BCUT2D eigenvalue weighted by molar-refractivity contribution is 0.195. The molecule has 61 valence electrons. The Bertz CT molecular complexity index is 151. The van der Waals surface area contributed by atoms with E-state index in [1.165, 1.54) is 45.1 Å². The van der Waals surface area contributed by atoms with E-state index in [1.807, 2.05) is 0 Å². The average Bonchev–Trinajstić information content (AvgIpc) is 2.28. The number of hydrogen-bond donors (Lipinski definition) is 0. The van der Waals surface area contributed by atoms with Gasteiger partial charge in [-0.1, -0.05) is 6.08 Å². The molecule has 0 spiro atoms. The molecule has 0 aromatic heterocycles. The number of rotatable bonds is 0. The van der Waals surface area contributed by atoms with E-state index in [-0.39, 0.29) is 0 Å². The fourth-order valence-corrected chi connectivity index (χ4v) is 2.11. The minimum atomic E-state index is 0.836. The molecule has 0 saturated carbocycles. The number of fused-ring (bicyclic) bond motifs is 1. The first kappa shape index (κ1) is 7.20. The van der Waals surface area contributed by atoms with Crippen LogP contribution in [0.1, 0.15) is 38.5 Å². The van der Waals surface area contributed by atoms with Crippen molar-refractivity contribution in [1.82, 2.24) is 4.90 Å². The van der Waals surface area contributed by atoms with E-state index in [4.69, 9.17) is 0 Å². The zero-order valence-corrected chi connectivity index (χ0v) is 7.05. The highest BCUT2D eigenvalue weighted by molar-refractivity contribution is 4.87. The number of hydrogen-bond acceptors (Lipinski definition) is 1. The van der Waals surface area contributed by atoms with Gasteiger partial charge in [0.05, 0.1) is 6.20 Å². The summed E-state index contributed by atoms with van der Waals surface area (Å²) >= 11 is 0. The minimum Gasteiger partial charge on any atom is -0.367 e. The van der Waals surface area contributed by atoms with Crippen molar-refractivity contribution < 1.29 is 0 Å². The van der Waals surface area contributed by atoms with Crippen LogP contribution in [-0.2, 0) is 0 Å². The van der Waals surface area contributed by atoms with E-state index in [1.54, 1.807) is 0 Å². The maximum absolute atomic E-state index is 3.39. The third kappa shape index (κ3) is 1.58. The monoisotopic (exact) mass is 150 g/mol. The highest BCUT2D eigenvalue weighted by Gasteiger charge is 2.20. The Hall–Kier alpha value is -0.460. The molecule has 0 amide bonds. The Morgan fingerprint density at radius 2 is 2.09 bits per heavy atom. The van der Waals surface area contributed by atoms with E-state index in [9.17, 15) is 0 Å². The predicted octanol–water partition coefficient (Wildman–Crippen LogP) is 2.34. The predicted molar refractivity (Wildman–Crippen MR) is 46.0 cm³/mol. The molecule has 1 nitrogen and oxygen atoms in total. The molecule has 1 atom stereocenters. The molecule has 11 heavy (non-hydrogen) atoms. The third-order valence-corrected chi connectivity index (χ3v) is 2.77. The van der Waals surface area contributed by atoms with Crippen molar-refractivity contribution in [1.29, 1.82) is 0 Å². The summed E-state index contributed by atoms with van der Waals surface area (Å²) in [4.78, 5) is 2.43. The van der Waals surface area contributed by atoms with Crippen molar-refractivity contribution in [2.45, 2.75) is 44.6 Å². The molecule has 2 aliphatic rings. The lowest BCUT2D eigenvalue weighted by Crippen LogP contribution is -2.34. The molecule has 0 aromatic rings. The van der Waals surface area contributed by atoms with Gasteiger partial charge in [0, 0.05) is 12.6 Å². The molecule has 1 saturated heterocycles. The Balaban J connectivity index is 2.02. The zero-order valence-electron chi connectivity index (χ0n) is 7.05. The number of piperidine rings is 1. The minimum absolute atomic E-state index is 0.836. The first-order valence-electron chi connectivity index (χ1n) is 4.81. The smallest absolute Gasteiger partial charge is 0.0562 e. The topological polar surface area (TPSA) is 3.24 Å². The van der Waals surface area contributed by atoms with Crippen molar-refractivity contribution in [3.63, 3.8) is 0 Å². The summed E-state index contributed by atoms with van der Waals surface area (Å²) in [6, 6.07) is 0.836. The summed E-state index contributed by atoms with van der Waals surface area (Å²) in [5.41, 5.74) is 0. The van der Waals surface area contributed by atoms with Crippen LogP contribution >= 0.6 is 0 Å². The second-order valence-electron chi connectivity index (χ2n) is 3.61. The van der Waals surface area contributed by atoms with Gasteiger partial charge in [-0.05, 0) is 38.5 Å². The molecule has 2 heterocycles. The quantitative estimate of drug-likeness (QED) is 0.512. The van der Waals surface area contributed by atoms with Crippen molar-refractivity contribution in [2.75, 3.05) is 6.54 Å². The fourth-order valence-electron chi connectivity index (χ4n) is 2.11. The van der Waals surface area contributed by atoms with Gasteiger partial charge in [-0.25, -0.2) is 0 Å². The van der Waals surface area contributed by atoms with Crippen LogP contribution < -0.4 is 0 Å². The summed E-state index contributed by atoms with van der Waals surface area (Å²) in [5.74, 6) is 0. The van der Waals surface area contributed by atoms with Crippen LogP contribution in [0.2, 0.25) is 0 Å². The van der Waals surface area contributed by atoms with E-state index in [0.29, 0.717) is 0 Å². The van der Waals surface area contributed by atoms with E-state index in [0.717, 1.165) is 6.04 Å². The molecule has 0 bridgehead atoms. The van der Waals surface area contributed by atoms with Gasteiger partial charge in [-0.2, -0.15) is 0 Å². The van der Waals surface area contributed by atoms with Gasteiger partial charge in [0.15, 0.2) is 0 Å². The van der Waals surface area contributed by atoms with Crippen LogP contribution in [0, 0.1) is 6.20 Å². The fraction of sp³-hybridized carbons (Fsp3) is 0.800. The van der Waals surface area contributed by atoms with Crippen molar-refractivity contribution >= 4 is 0 Å². The Morgan fingerprint density at radius 1 is 1.18 bits per heavy atom. The van der Waals surface area contributed by atoms with Gasteiger partial charge in [0.25, 0.3) is 0 Å². The first-order chi connectivity index (χ1) is 5.47. The average molecular weight is 150 g/mol. The second-order valence-corrected chi connectivity index (χ2v) is 3.61. The highest BCUT2D eigenvalue weighted by atomic mass is 15.1. The number of nitrogens with zero attached hydrogens (tertiary/aromatic N) is 1. The molecule has 2 rings (SSSR count). The molecule has 0 aliphatic carbocycles. The Labute approximate surface area is 69.1 Å². The zero-order chi connectivity index (χ0) is 7.52. The van der Waals surface area contributed by atoms with Crippen LogP contribution in [-0.4, -0.2) is 17.5 Å². The van der Waals surface area contributed by atoms with Gasteiger partial charge in [-0.3, -0.25) is 0 Å². The Morgan fingerprint density at radius 3 is 3.09 bits per heavy atom. The van der Waals surface area contributed by atoms with Crippen molar-refractivity contribution in [3.05, 3.63) is 12.3 Å². The summed E-state index contributed by atoms with van der Waals surface area (Å²) in [6.45, 7) is 1.25. The van der Waals surface area contributed by atoms with Crippen LogP contribution in [0.25, 0.3) is 0 Å². The molecule has 1 unspecified atom stereocenters. The standard InChI is InChI=1S/C10H16N/c1-2-6-10-7-3-5-9-11(10)8-4-1/h4,10H,1-3,5-7,9H2. The Kier molecular flexibility index (Phi) is 2.16. The molecule has 1 fully saturated rings. The van der Waals surface area contributed by atoms with E-state index >= 15 is 0 Å². The molecular formula is C10H16N. The first-order valence-corrected chi connectivity index (χ1v) is 4.81. The van der Waals surface area contributed by atoms with Gasteiger partial charge >= 0.3 is 0 Å². The molecule has 0 N–H and O–H groups in total. The van der Waals surface area contributed by atoms with Crippen LogP contribution in [0.4, 0.5) is 0 Å². The van der Waals surface area contributed by atoms with Crippen LogP contribution in [0.15, 0.2) is 6.08 Å². The lowest BCUT2D eigenvalue weighted by atomic mass is 9.99. The van der Waals surface area contributed by atoms with Crippen LogP contribution in [0.3, 0.4) is 0 Å². The summed E-state index contributed by atoms with van der Waals surface area (Å²) in [5, 5.41) is 0. The van der Waals surface area contributed by atoms with Crippen molar-refractivity contribution in [3.8, 4) is 0 Å². The molecule has 1 heteroatoms. The van der Waals surface area contributed by atoms with Gasteiger partial charge < -0.3 is 4.90 Å². The van der Waals surface area contributed by atoms with Gasteiger partial charge in [0.2, 0.25) is 0 Å². The molecule has 2 aliphatic heterocycles. The van der Waals surface area contributed by atoms with Gasteiger partial charge in [0.1, 0.15) is 0 Å². The van der Waals surface area contributed by atoms with Crippen molar-refractivity contribution in [2.24, 2.45) is 0 Å². The molecule has 0 aromatic carbocycles. The highest BCUT2D eigenvalue weighted by Crippen LogP contribution is 2.23. The normalized spacial score (nSPS) is 31.3. The summed E-state index contributed by atoms with van der Waals surface area (Å²) in [6.07, 6.45) is 13.8. The largest absolute Gasteiger partial charge is 0.367 e.